The minimum Gasteiger partial charge on any atom is -0.481 e. The monoisotopic (exact) mass is 198 g/mol. The van der Waals surface area contributed by atoms with Gasteiger partial charge >= 0.3 is 11.9 Å². The number of rotatable bonds is 2. The van der Waals surface area contributed by atoms with Crippen LogP contribution in [-0.4, -0.2) is 22.2 Å². The molecule has 0 aliphatic heterocycles. The van der Waals surface area contributed by atoms with Crippen molar-refractivity contribution in [3.8, 4) is 0 Å². The maximum atomic E-state index is 11.1. The molecule has 2 atom stereocenters. The molecule has 2 unspecified atom stereocenters. The van der Waals surface area contributed by atoms with Gasteiger partial charge in [-0.05, 0) is 32.1 Å². The zero-order valence-electron chi connectivity index (χ0n) is 7.95. The van der Waals surface area contributed by atoms with Crippen LogP contribution in [0.4, 0.5) is 0 Å². The highest BCUT2D eigenvalue weighted by Crippen LogP contribution is 2.58. The zero-order valence-corrected chi connectivity index (χ0v) is 7.95. The van der Waals surface area contributed by atoms with E-state index in [-0.39, 0.29) is 0 Å². The Morgan fingerprint density at radius 3 is 1.64 bits per heavy atom. The lowest BCUT2D eigenvalue weighted by atomic mass is 9.69. The van der Waals surface area contributed by atoms with E-state index in [9.17, 15) is 9.59 Å². The van der Waals surface area contributed by atoms with E-state index in [4.69, 9.17) is 10.2 Å². The van der Waals surface area contributed by atoms with Crippen LogP contribution in [0.5, 0.6) is 0 Å². The van der Waals surface area contributed by atoms with E-state index in [1.54, 1.807) is 0 Å². The number of fused-ring (bicyclic) bond motifs is 2. The van der Waals surface area contributed by atoms with Gasteiger partial charge in [0.05, 0.1) is 10.8 Å². The van der Waals surface area contributed by atoms with Crippen molar-refractivity contribution in [3.05, 3.63) is 0 Å². The van der Waals surface area contributed by atoms with Gasteiger partial charge in [-0.25, -0.2) is 0 Å². The molecule has 0 aromatic heterocycles. The Bertz CT molecular complexity index is 270. The third-order valence-electron chi connectivity index (χ3n) is 3.98. The van der Waals surface area contributed by atoms with Crippen molar-refractivity contribution in [2.75, 3.05) is 0 Å². The van der Waals surface area contributed by atoms with Crippen molar-refractivity contribution < 1.29 is 19.8 Å². The SMILES string of the molecule is O=C(O)C12CCCC(C(=O)O)(CC1)C2. The second-order valence-corrected chi connectivity index (χ2v) is 4.70. The maximum Gasteiger partial charge on any atom is 0.309 e. The molecule has 0 radical (unpaired) electrons. The molecular formula is C10H14O4. The van der Waals surface area contributed by atoms with Crippen molar-refractivity contribution in [3.63, 3.8) is 0 Å². The van der Waals surface area contributed by atoms with Crippen molar-refractivity contribution >= 4 is 11.9 Å². The van der Waals surface area contributed by atoms with Gasteiger partial charge in [0, 0.05) is 0 Å². The van der Waals surface area contributed by atoms with Crippen LogP contribution in [0.15, 0.2) is 0 Å². The number of carboxylic acid groups (broad SMARTS) is 2. The molecule has 2 fully saturated rings. The van der Waals surface area contributed by atoms with Crippen LogP contribution in [0.3, 0.4) is 0 Å². The fourth-order valence-electron chi connectivity index (χ4n) is 3.07. The number of hydrogen-bond donors (Lipinski definition) is 2. The predicted molar refractivity (Wildman–Crippen MR) is 47.8 cm³/mol. The lowest BCUT2D eigenvalue weighted by Gasteiger charge is -2.33. The van der Waals surface area contributed by atoms with Crippen LogP contribution in [0.25, 0.3) is 0 Å². The van der Waals surface area contributed by atoms with E-state index >= 15 is 0 Å². The number of carbonyl (C=O) groups is 2. The average Bonchev–Trinajstić information content (AvgIpc) is 2.41. The highest BCUT2D eigenvalue weighted by molar-refractivity contribution is 5.81. The Hall–Kier alpha value is -1.06. The van der Waals surface area contributed by atoms with Gasteiger partial charge in [0.2, 0.25) is 0 Å². The predicted octanol–water partition coefficient (Wildman–Crippen LogP) is 1.50. The molecular weight excluding hydrogens is 184 g/mol. The third-order valence-corrected chi connectivity index (χ3v) is 3.98. The van der Waals surface area contributed by atoms with E-state index in [0.29, 0.717) is 32.1 Å². The number of aliphatic carboxylic acids is 2. The summed E-state index contributed by atoms with van der Waals surface area (Å²) in [5, 5.41) is 18.2. The molecule has 2 aliphatic carbocycles. The van der Waals surface area contributed by atoms with Gasteiger partial charge in [-0.3, -0.25) is 9.59 Å². The Morgan fingerprint density at radius 1 is 0.857 bits per heavy atom. The molecule has 2 bridgehead atoms. The summed E-state index contributed by atoms with van der Waals surface area (Å²) in [4.78, 5) is 22.2. The van der Waals surface area contributed by atoms with Gasteiger partial charge in [0.25, 0.3) is 0 Å². The molecule has 78 valence electrons. The Labute approximate surface area is 81.9 Å². The molecule has 2 saturated carbocycles. The summed E-state index contributed by atoms with van der Waals surface area (Å²) in [6.07, 6.45) is 3.45. The molecule has 2 rings (SSSR count). The first-order valence-electron chi connectivity index (χ1n) is 4.98. The van der Waals surface area contributed by atoms with Gasteiger partial charge in [-0.15, -0.1) is 0 Å². The van der Waals surface area contributed by atoms with Crippen LogP contribution >= 0.6 is 0 Å². The van der Waals surface area contributed by atoms with Crippen molar-refractivity contribution in [2.24, 2.45) is 10.8 Å². The van der Waals surface area contributed by atoms with Crippen LogP contribution in [0, 0.1) is 10.8 Å². The summed E-state index contributed by atoms with van der Waals surface area (Å²) in [6, 6.07) is 0. The Balaban J connectivity index is 2.30. The fourth-order valence-corrected chi connectivity index (χ4v) is 3.07. The van der Waals surface area contributed by atoms with Gasteiger partial charge < -0.3 is 10.2 Å². The minimum absolute atomic E-state index is 0.338. The molecule has 2 N–H and O–H groups in total. The van der Waals surface area contributed by atoms with Crippen LogP contribution in [0.1, 0.15) is 38.5 Å². The minimum atomic E-state index is -0.805. The smallest absolute Gasteiger partial charge is 0.309 e. The number of carboxylic acids is 2. The summed E-state index contributed by atoms with van der Waals surface area (Å²) in [5.74, 6) is -1.61. The van der Waals surface area contributed by atoms with Crippen LogP contribution in [-0.2, 0) is 9.59 Å². The van der Waals surface area contributed by atoms with E-state index < -0.39 is 22.8 Å². The highest BCUT2D eigenvalue weighted by atomic mass is 16.4. The average molecular weight is 198 g/mol. The lowest BCUT2D eigenvalue weighted by molar-refractivity contribution is -0.156. The third kappa shape index (κ3) is 1.06. The first-order valence-corrected chi connectivity index (χ1v) is 4.98. The molecule has 0 saturated heterocycles. The van der Waals surface area contributed by atoms with Gasteiger partial charge in [0.1, 0.15) is 0 Å². The normalized spacial score (nSPS) is 40.9. The summed E-state index contributed by atoms with van der Waals surface area (Å²) < 4.78 is 0. The van der Waals surface area contributed by atoms with E-state index in [0.717, 1.165) is 6.42 Å². The second-order valence-electron chi connectivity index (χ2n) is 4.70. The molecule has 4 nitrogen and oxygen atoms in total. The van der Waals surface area contributed by atoms with E-state index in [1.807, 2.05) is 0 Å². The van der Waals surface area contributed by atoms with Crippen LogP contribution in [0.2, 0.25) is 0 Å². The lowest BCUT2D eigenvalue weighted by Crippen LogP contribution is -2.37. The van der Waals surface area contributed by atoms with Gasteiger partial charge in [0.15, 0.2) is 0 Å². The summed E-state index contributed by atoms with van der Waals surface area (Å²) >= 11 is 0. The number of hydrogen-bond acceptors (Lipinski definition) is 2. The molecule has 0 aromatic carbocycles. The second kappa shape index (κ2) is 2.72. The quantitative estimate of drug-likeness (QED) is 0.705. The van der Waals surface area contributed by atoms with E-state index in [2.05, 4.69) is 0 Å². The molecule has 0 aromatic rings. The first-order chi connectivity index (χ1) is 6.51. The van der Waals surface area contributed by atoms with Crippen molar-refractivity contribution in [1.82, 2.24) is 0 Å². The van der Waals surface area contributed by atoms with Gasteiger partial charge in [-0.2, -0.15) is 0 Å². The largest absolute Gasteiger partial charge is 0.481 e. The molecule has 4 heteroatoms. The molecule has 0 spiro atoms. The fraction of sp³-hybridized carbons (Fsp3) is 0.800. The first kappa shape index (κ1) is 9.49. The van der Waals surface area contributed by atoms with Gasteiger partial charge in [-0.1, -0.05) is 6.42 Å². The summed E-state index contributed by atoms with van der Waals surface area (Å²) in [7, 11) is 0. The van der Waals surface area contributed by atoms with Crippen molar-refractivity contribution in [2.45, 2.75) is 38.5 Å². The summed E-state index contributed by atoms with van der Waals surface area (Å²) in [6.45, 7) is 0. The molecule has 0 heterocycles. The zero-order chi connectivity index (χ0) is 10.4. The molecule has 0 amide bonds. The standard InChI is InChI=1S/C10H14O4/c11-7(12)9-2-1-3-10(6-9,5-4-9)8(13)14/h1-6H2,(H,11,12)(H,13,14). The van der Waals surface area contributed by atoms with Crippen LogP contribution < -0.4 is 0 Å². The molecule has 14 heavy (non-hydrogen) atoms. The van der Waals surface area contributed by atoms with E-state index in [1.165, 1.54) is 0 Å². The van der Waals surface area contributed by atoms with Crippen molar-refractivity contribution in [1.29, 1.82) is 0 Å². The maximum absolute atomic E-state index is 11.1. The Morgan fingerprint density at radius 2 is 1.29 bits per heavy atom. The highest BCUT2D eigenvalue weighted by Gasteiger charge is 2.58. The Kier molecular flexibility index (Phi) is 1.84. The topological polar surface area (TPSA) is 74.6 Å². The molecule has 2 aliphatic rings. The summed E-state index contributed by atoms with van der Waals surface area (Å²) in [5.41, 5.74) is -1.45.